The Morgan fingerprint density at radius 3 is 2.47 bits per heavy atom. The molecule has 0 heterocycles. The summed E-state index contributed by atoms with van der Waals surface area (Å²) < 4.78 is 41.2. The van der Waals surface area contributed by atoms with Crippen molar-refractivity contribution in [2.24, 2.45) is 0 Å². The zero-order valence-corrected chi connectivity index (χ0v) is 18.4. The molecule has 3 aromatic rings. The van der Waals surface area contributed by atoms with Gasteiger partial charge in [-0.3, -0.25) is 25.7 Å². The molecular formula is C19H15ClFN5O4S2. The summed E-state index contributed by atoms with van der Waals surface area (Å²) in [5, 5.41) is 14.3. The summed E-state index contributed by atoms with van der Waals surface area (Å²) in [7, 11) is -4.12. The van der Waals surface area contributed by atoms with Crippen molar-refractivity contribution < 1.29 is 17.7 Å². The van der Waals surface area contributed by atoms with Gasteiger partial charge in [0.15, 0.2) is 5.11 Å². The molecule has 0 saturated carbocycles. The minimum absolute atomic E-state index is 0.0608. The van der Waals surface area contributed by atoms with Gasteiger partial charge >= 0.3 is 0 Å². The Balaban J connectivity index is 1.76. The number of anilines is 3. The molecule has 0 spiro atoms. The van der Waals surface area contributed by atoms with Crippen LogP contribution < -0.4 is 20.9 Å². The first kappa shape index (κ1) is 23.2. The first-order chi connectivity index (χ1) is 15.2. The number of nitro benzene ring substituents is 1. The van der Waals surface area contributed by atoms with Gasteiger partial charge in [-0.15, -0.1) is 0 Å². The number of thiocarbonyl (C=S) groups is 1. The molecule has 3 rings (SSSR count). The van der Waals surface area contributed by atoms with Crippen molar-refractivity contribution in [2.75, 3.05) is 15.5 Å². The summed E-state index contributed by atoms with van der Waals surface area (Å²) >= 11 is 10.9. The Bertz CT molecular complexity index is 1290. The second-order valence-corrected chi connectivity index (χ2v) is 8.76. The summed E-state index contributed by atoms with van der Waals surface area (Å²) in [5.41, 5.74) is 4.73. The maximum atomic E-state index is 13.7. The number of nitrogens with zero attached hydrogens (tertiary/aromatic N) is 1. The van der Waals surface area contributed by atoms with Crippen molar-refractivity contribution in [3.63, 3.8) is 0 Å². The van der Waals surface area contributed by atoms with Gasteiger partial charge in [0, 0.05) is 11.1 Å². The molecule has 9 nitrogen and oxygen atoms in total. The SMILES string of the molecule is O=[N+]([O-])c1cc(S(=O)(=O)Nc2cccc(Cl)c2)ccc1NNC(=S)Nc1ccccc1F. The average Bonchev–Trinajstić information content (AvgIpc) is 2.73. The van der Waals surface area contributed by atoms with Crippen LogP contribution in [-0.2, 0) is 10.0 Å². The molecule has 0 aliphatic heterocycles. The van der Waals surface area contributed by atoms with E-state index in [9.17, 15) is 22.9 Å². The molecule has 0 aliphatic carbocycles. The molecule has 0 aromatic heterocycles. The lowest BCUT2D eigenvalue weighted by atomic mass is 10.3. The minimum atomic E-state index is -4.12. The standard InChI is InChI=1S/C19H15ClFN5O4S2/c20-12-4-3-5-13(10-12)25-32(29,30)14-8-9-17(18(11-14)26(27)28)23-24-19(31)22-16-7-2-1-6-15(16)21/h1-11,23,25H,(H2,22,24,31). The van der Waals surface area contributed by atoms with Crippen molar-refractivity contribution in [2.45, 2.75) is 4.90 Å². The van der Waals surface area contributed by atoms with Gasteiger partial charge in [-0.1, -0.05) is 29.8 Å². The second kappa shape index (κ2) is 9.77. The Labute approximate surface area is 192 Å². The predicted octanol–water partition coefficient (Wildman–Crippen LogP) is 4.50. The van der Waals surface area contributed by atoms with E-state index < -0.39 is 26.5 Å². The summed E-state index contributed by atoms with van der Waals surface area (Å²) in [6.45, 7) is 0. The van der Waals surface area contributed by atoms with Crippen LogP contribution in [0.5, 0.6) is 0 Å². The molecule has 0 atom stereocenters. The maximum absolute atomic E-state index is 13.7. The largest absolute Gasteiger partial charge is 0.329 e. The van der Waals surface area contributed by atoms with Crippen molar-refractivity contribution in [3.05, 3.63) is 87.7 Å². The van der Waals surface area contributed by atoms with E-state index in [4.69, 9.17) is 23.8 Å². The van der Waals surface area contributed by atoms with Gasteiger partial charge in [-0.25, -0.2) is 12.8 Å². The number of para-hydroxylation sites is 1. The van der Waals surface area contributed by atoms with Gasteiger partial charge in [0.1, 0.15) is 11.5 Å². The number of hydrogen-bond acceptors (Lipinski definition) is 6. The lowest BCUT2D eigenvalue weighted by Gasteiger charge is -2.14. The van der Waals surface area contributed by atoms with Gasteiger partial charge < -0.3 is 5.32 Å². The number of sulfonamides is 1. The van der Waals surface area contributed by atoms with Crippen LogP contribution in [-0.4, -0.2) is 18.5 Å². The number of benzene rings is 3. The van der Waals surface area contributed by atoms with E-state index in [-0.39, 0.29) is 27.1 Å². The van der Waals surface area contributed by atoms with Crippen LogP contribution in [0.3, 0.4) is 0 Å². The molecule has 0 bridgehead atoms. The Hall–Kier alpha value is -3.48. The van der Waals surface area contributed by atoms with Gasteiger partial charge in [-0.05, 0) is 54.7 Å². The van der Waals surface area contributed by atoms with Gasteiger partial charge in [0.05, 0.1) is 21.2 Å². The molecule has 0 radical (unpaired) electrons. The molecule has 0 aliphatic rings. The highest BCUT2D eigenvalue weighted by Gasteiger charge is 2.22. The van der Waals surface area contributed by atoms with E-state index in [1.165, 1.54) is 42.5 Å². The van der Waals surface area contributed by atoms with E-state index in [1.54, 1.807) is 18.2 Å². The van der Waals surface area contributed by atoms with E-state index in [0.29, 0.717) is 5.02 Å². The molecular weight excluding hydrogens is 481 g/mol. The highest BCUT2D eigenvalue weighted by atomic mass is 35.5. The van der Waals surface area contributed by atoms with E-state index in [2.05, 4.69) is 20.9 Å². The van der Waals surface area contributed by atoms with E-state index in [1.807, 2.05) is 0 Å². The van der Waals surface area contributed by atoms with Gasteiger partial charge in [0.25, 0.3) is 15.7 Å². The number of hydrazine groups is 1. The van der Waals surface area contributed by atoms with Crippen molar-refractivity contribution in [1.82, 2.24) is 5.43 Å². The van der Waals surface area contributed by atoms with E-state index >= 15 is 0 Å². The topological polar surface area (TPSA) is 125 Å². The third-order valence-corrected chi connectivity index (χ3v) is 5.80. The lowest BCUT2D eigenvalue weighted by Crippen LogP contribution is -2.33. The molecule has 0 saturated heterocycles. The molecule has 166 valence electrons. The zero-order chi connectivity index (χ0) is 23.3. The number of nitro groups is 1. The van der Waals surface area contributed by atoms with Crippen molar-refractivity contribution >= 4 is 61.7 Å². The van der Waals surface area contributed by atoms with Crippen molar-refractivity contribution in [1.29, 1.82) is 0 Å². The molecule has 13 heteroatoms. The fourth-order valence-corrected chi connectivity index (χ4v) is 3.96. The van der Waals surface area contributed by atoms with Crippen LogP contribution in [0.4, 0.5) is 27.1 Å². The highest BCUT2D eigenvalue weighted by molar-refractivity contribution is 7.92. The number of rotatable bonds is 7. The smallest absolute Gasteiger partial charge is 0.295 e. The minimum Gasteiger partial charge on any atom is -0.329 e. The monoisotopic (exact) mass is 495 g/mol. The van der Waals surface area contributed by atoms with Crippen LogP contribution >= 0.6 is 23.8 Å². The Morgan fingerprint density at radius 1 is 1.03 bits per heavy atom. The van der Waals surface area contributed by atoms with Gasteiger partial charge in [0.2, 0.25) is 0 Å². The fourth-order valence-electron chi connectivity index (χ4n) is 2.54. The third-order valence-electron chi connectivity index (χ3n) is 3.99. The summed E-state index contributed by atoms with van der Waals surface area (Å²) in [5.74, 6) is -0.538. The predicted molar refractivity (Wildman–Crippen MR) is 125 cm³/mol. The first-order valence-corrected chi connectivity index (χ1v) is 11.1. The number of hydrogen-bond donors (Lipinski definition) is 4. The molecule has 0 fully saturated rings. The van der Waals surface area contributed by atoms with Crippen LogP contribution in [0, 0.1) is 15.9 Å². The molecule has 0 amide bonds. The maximum Gasteiger partial charge on any atom is 0.295 e. The molecule has 4 N–H and O–H groups in total. The summed E-state index contributed by atoms with van der Waals surface area (Å²) in [6.07, 6.45) is 0. The van der Waals surface area contributed by atoms with Crippen LogP contribution in [0.15, 0.2) is 71.6 Å². The normalized spacial score (nSPS) is 10.8. The average molecular weight is 496 g/mol. The molecule has 32 heavy (non-hydrogen) atoms. The molecule has 0 unspecified atom stereocenters. The Morgan fingerprint density at radius 2 is 1.78 bits per heavy atom. The highest BCUT2D eigenvalue weighted by Crippen LogP contribution is 2.28. The van der Waals surface area contributed by atoms with Crippen molar-refractivity contribution in [3.8, 4) is 0 Å². The van der Waals surface area contributed by atoms with Gasteiger partial charge in [-0.2, -0.15) is 0 Å². The fraction of sp³-hybridized carbons (Fsp3) is 0. The van der Waals surface area contributed by atoms with Crippen LogP contribution in [0.1, 0.15) is 0 Å². The quantitative estimate of drug-likeness (QED) is 0.214. The number of nitrogens with one attached hydrogen (secondary N) is 4. The van der Waals surface area contributed by atoms with Crippen LogP contribution in [0.25, 0.3) is 0 Å². The summed E-state index contributed by atoms with van der Waals surface area (Å²) in [6, 6.07) is 15.1. The second-order valence-electron chi connectivity index (χ2n) is 6.24. The van der Waals surface area contributed by atoms with Crippen LogP contribution in [0.2, 0.25) is 5.02 Å². The summed E-state index contributed by atoms with van der Waals surface area (Å²) in [4.78, 5) is 10.4. The Kier molecular flexibility index (Phi) is 7.08. The molecule has 3 aromatic carbocycles. The first-order valence-electron chi connectivity index (χ1n) is 8.80. The van der Waals surface area contributed by atoms with E-state index in [0.717, 1.165) is 6.07 Å². The zero-order valence-electron chi connectivity index (χ0n) is 16.0. The number of halogens is 2. The third kappa shape index (κ3) is 5.81. The lowest BCUT2D eigenvalue weighted by molar-refractivity contribution is -0.384.